The molecule has 0 aliphatic carbocycles. The van der Waals surface area contributed by atoms with E-state index < -0.39 is 6.17 Å². The van der Waals surface area contributed by atoms with Crippen LogP contribution in [-0.2, 0) is 4.79 Å². The Morgan fingerprint density at radius 3 is 2.86 bits per heavy atom. The van der Waals surface area contributed by atoms with Crippen LogP contribution in [0.4, 0.5) is 0 Å². The van der Waals surface area contributed by atoms with Crippen molar-refractivity contribution in [2.75, 3.05) is 12.9 Å². The average Bonchev–Trinajstić information content (AvgIpc) is 2.73. The third kappa shape index (κ3) is 3.91. The SMILES string of the molecule is CCCCSC1=NN2C(=c3ccccc3=NC2c2ccc(OC)c(Br)c2)C(=O)N1. The van der Waals surface area contributed by atoms with Crippen LogP contribution in [0.15, 0.2) is 57.0 Å². The van der Waals surface area contributed by atoms with Crippen LogP contribution < -0.4 is 20.6 Å². The largest absolute Gasteiger partial charge is 0.496 e. The number of carbonyl (C=O) groups excluding carboxylic acids is 1. The third-order valence-corrected chi connectivity index (χ3v) is 6.30. The van der Waals surface area contributed by atoms with Gasteiger partial charge in [-0.2, -0.15) is 0 Å². The molecule has 8 heteroatoms. The number of benzene rings is 2. The van der Waals surface area contributed by atoms with Crippen molar-refractivity contribution in [1.29, 1.82) is 0 Å². The summed E-state index contributed by atoms with van der Waals surface area (Å²) in [7, 11) is 1.63. The molecule has 0 fully saturated rings. The number of hydrogen-bond acceptors (Lipinski definition) is 6. The summed E-state index contributed by atoms with van der Waals surface area (Å²) in [5.41, 5.74) is 1.44. The lowest BCUT2D eigenvalue weighted by Crippen LogP contribution is -2.50. The minimum absolute atomic E-state index is 0.154. The van der Waals surface area contributed by atoms with Crippen LogP contribution in [0.5, 0.6) is 5.75 Å². The summed E-state index contributed by atoms with van der Waals surface area (Å²) in [6.45, 7) is 2.14. The van der Waals surface area contributed by atoms with Crippen LogP contribution in [0.3, 0.4) is 0 Å². The average molecular weight is 473 g/mol. The Morgan fingerprint density at radius 1 is 1.28 bits per heavy atom. The van der Waals surface area contributed by atoms with Gasteiger partial charge in [-0.3, -0.25) is 15.1 Å². The van der Waals surface area contributed by atoms with E-state index in [0.717, 1.165) is 45.0 Å². The standard InChI is InChI=1S/C21H21BrN4O2S/c1-3-4-11-29-21-24-20(27)18-14-7-5-6-8-16(14)23-19(26(18)25-21)13-9-10-17(28-2)15(22)12-13/h5-10,12,19H,3-4,11H2,1-2H3,(H,24,25,27). The van der Waals surface area contributed by atoms with E-state index in [-0.39, 0.29) is 5.91 Å². The molecule has 2 aliphatic heterocycles. The number of hydrogen-bond donors (Lipinski definition) is 1. The zero-order valence-corrected chi connectivity index (χ0v) is 18.6. The molecule has 6 nitrogen and oxygen atoms in total. The fourth-order valence-electron chi connectivity index (χ4n) is 3.27. The Balaban J connectivity index is 1.83. The smallest absolute Gasteiger partial charge is 0.276 e. The van der Waals surface area contributed by atoms with E-state index in [2.05, 4.69) is 28.2 Å². The van der Waals surface area contributed by atoms with Crippen LogP contribution in [0.2, 0.25) is 0 Å². The molecule has 29 heavy (non-hydrogen) atoms. The molecular weight excluding hydrogens is 452 g/mol. The molecule has 1 unspecified atom stereocenters. The number of hydrazone groups is 1. The summed E-state index contributed by atoms with van der Waals surface area (Å²) in [4.78, 5) is 17.9. The van der Waals surface area contributed by atoms with Crippen LogP contribution >= 0.6 is 27.7 Å². The molecule has 0 bridgehead atoms. The fourth-order valence-corrected chi connectivity index (χ4v) is 4.76. The van der Waals surface area contributed by atoms with E-state index >= 15 is 0 Å². The minimum Gasteiger partial charge on any atom is -0.496 e. The van der Waals surface area contributed by atoms with E-state index in [1.54, 1.807) is 23.9 Å². The van der Waals surface area contributed by atoms with Crippen molar-refractivity contribution in [2.45, 2.75) is 25.9 Å². The van der Waals surface area contributed by atoms with Gasteiger partial charge in [-0.05, 0) is 46.1 Å². The number of nitrogens with zero attached hydrogens (tertiary/aromatic N) is 3. The molecule has 2 aromatic carbocycles. The number of methoxy groups -OCH3 is 1. The first kappa shape index (κ1) is 20.0. The van der Waals surface area contributed by atoms with Crippen LogP contribution in [0, 0.1) is 0 Å². The van der Waals surface area contributed by atoms with Gasteiger partial charge in [0.25, 0.3) is 5.91 Å². The van der Waals surface area contributed by atoms with Crippen molar-refractivity contribution in [3.05, 3.63) is 63.1 Å². The van der Waals surface area contributed by atoms with Gasteiger partial charge in [-0.25, -0.2) is 5.01 Å². The lowest BCUT2D eigenvalue weighted by Gasteiger charge is -2.34. The number of nitrogens with one attached hydrogen (secondary N) is 1. The van der Waals surface area contributed by atoms with Crippen LogP contribution in [0.1, 0.15) is 31.5 Å². The number of halogens is 1. The Kier molecular flexibility index (Phi) is 5.91. The number of unbranched alkanes of at least 4 members (excludes halogenated alkanes) is 1. The second-order valence-electron chi connectivity index (χ2n) is 6.67. The number of amides is 1. The Labute approximate surface area is 181 Å². The maximum absolute atomic E-state index is 13.0. The Bertz CT molecular complexity index is 1100. The third-order valence-electron chi connectivity index (χ3n) is 4.73. The van der Waals surface area contributed by atoms with Gasteiger partial charge < -0.3 is 4.74 Å². The molecule has 2 aromatic rings. The molecular formula is C21H21BrN4O2S. The highest BCUT2D eigenvalue weighted by Crippen LogP contribution is 2.34. The molecule has 4 rings (SSSR count). The molecule has 0 saturated carbocycles. The molecule has 0 spiro atoms. The predicted octanol–water partition coefficient (Wildman–Crippen LogP) is 3.13. The van der Waals surface area contributed by atoms with Gasteiger partial charge in [0.05, 0.1) is 16.9 Å². The van der Waals surface area contributed by atoms with Gasteiger partial charge in [0.1, 0.15) is 11.4 Å². The predicted molar refractivity (Wildman–Crippen MR) is 119 cm³/mol. The highest BCUT2D eigenvalue weighted by molar-refractivity contribution is 9.10. The van der Waals surface area contributed by atoms with Gasteiger partial charge in [-0.1, -0.05) is 49.4 Å². The second-order valence-corrected chi connectivity index (χ2v) is 8.61. The van der Waals surface area contributed by atoms with Crippen molar-refractivity contribution < 1.29 is 9.53 Å². The molecule has 0 aromatic heterocycles. The molecule has 1 amide bonds. The van der Waals surface area contributed by atoms with Gasteiger partial charge >= 0.3 is 0 Å². The van der Waals surface area contributed by atoms with Crippen LogP contribution in [-0.4, -0.2) is 28.9 Å². The summed E-state index contributed by atoms with van der Waals surface area (Å²) in [5.74, 6) is 1.49. The maximum Gasteiger partial charge on any atom is 0.276 e. The monoisotopic (exact) mass is 472 g/mol. The van der Waals surface area contributed by atoms with E-state index in [1.807, 2.05) is 42.5 Å². The summed E-state index contributed by atoms with van der Waals surface area (Å²) in [6, 6.07) is 13.5. The molecule has 0 radical (unpaired) electrons. The normalized spacial score (nSPS) is 17.7. The minimum atomic E-state index is -0.435. The fraction of sp³-hybridized carbons (Fsp3) is 0.286. The molecule has 1 N–H and O–H groups in total. The zero-order valence-electron chi connectivity index (χ0n) is 16.2. The number of thioether (sulfide) groups is 1. The molecule has 2 aliphatic rings. The number of ether oxygens (including phenoxy) is 1. The van der Waals surface area contributed by atoms with Gasteiger partial charge in [0.15, 0.2) is 11.3 Å². The van der Waals surface area contributed by atoms with Crippen molar-refractivity contribution in [3.63, 3.8) is 0 Å². The van der Waals surface area contributed by atoms with E-state index in [4.69, 9.17) is 14.8 Å². The van der Waals surface area contributed by atoms with E-state index in [9.17, 15) is 4.79 Å². The highest BCUT2D eigenvalue weighted by atomic mass is 79.9. The topological polar surface area (TPSA) is 66.3 Å². The first-order valence-corrected chi connectivity index (χ1v) is 11.2. The van der Waals surface area contributed by atoms with Crippen LogP contribution in [0.25, 0.3) is 5.70 Å². The van der Waals surface area contributed by atoms with Crippen molar-refractivity contribution >= 4 is 44.5 Å². The Hall–Kier alpha value is -2.32. The van der Waals surface area contributed by atoms with E-state index in [1.165, 1.54) is 0 Å². The highest BCUT2D eigenvalue weighted by Gasteiger charge is 2.34. The Morgan fingerprint density at radius 2 is 2.10 bits per heavy atom. The lowest BCUT2D eigenvalue weighted by molar-refractivity contribution is -0.116. The van der Waals surface area contributed by atoms with Gasteiger partial charge in [-0.15, -0.1) is 5.10 Å². The number of amidine groups is 1. The summed E-state index contributed by atoms with van der Waals surface area (Å²) in [5, 5.41) is 11.6. The maximum atomic E-state index is 13.0. The number of para-hydroxylation sites is 1. The van der Waals surface area contributed by atoms with E-state index in [0.29, 0.717) is 10.9 Å². The van der Waals surface area contributed by atoms with Crippen molar-refractivity contribution in [2.24, 2.45) is 10.1 Å². The number of fused-ring (bicyclic) bond motifs is 2. The second kappa shape index (κ2) is 8.59. The lowest BCUT2D eigenvalue weighted by atomic mass is 10.1. The van der Waals surface area contributed by atoms with Crippen molar-refractivity contribution in [1.82, 2.24) is 10.3 Å². The number of rotatable bonds is 5. The van der Waals surface area contributed by atoms with Gasteiger partial charge in [0, 0.05) is 11.0 Å². The van der Waals surface area contributed by atoms with Crippen molar-refractivity contribution in [3.8, 4) is 5.75 Å². The molecule has 150 valence electrons. The zero-order chi connectivity index (χ0) is 20.4. The van der Waals surface area contributed by atoms with Gasteiger partial charge in [0.2, 0.25) is 0 Å². The quantitative estimate of drug-likeness (QED) is 0.678. The summed E-state index contributed by atoms with van der Waals surface area (Å²) < 4.78 is 6.18. The molecule has 2 heterocycles. The summed E-state index contributed by atoms with van der Waals surface area (Å²) in [6.07, 6.45) is 1.73. The summed E-state index contributed by atoms with van der Waals surface area (Å²) >= 11 is 5.11. The molecule has 1 atom stereocenters. The first-order valence-electron chi connectivity index (χ1n) is 9.45. The molecule has 0 saturated heterocycles. The number of carbonyl (C=O) groups is 1. The first-order chi connectivity index (χ1) is 14.1.